The monoisotopic (exact) mass is 213 g/mol. The van der Waals surface area contributed by atoms with E-state index in [4.69, 9.17) is 0 Å². The summed E-state index contributed by atoms with van der Waals surface area (Å²) in [5.74, 6) is 0. The average molecular weight is 213 g/mol. The van der Waals surface area contributed by atoms with Crippen molar-refractivity contribution in [3.63, 3.8) is 0 Å². The van der Waals surface area contributed by atoms with Crippen LogP contribution in [0.15, 0.2) is 36.5 Å². The van der Waals surface area contributed by atoms with E-state index in [0.717, 1.165) is 23.7 Å². The number of hydrogen-bond acceptors (Lipinski definition) is 2. The van der Waals surface area contributed by atoms with E-state index in [0.29, 0.717) is 11.3 Å². The van der Waals surface area contributed by atoms with Gasteiger partial charge in [0.1, 0.15) is 6.29 Å². The molecule has 0 aliphatic carbocycles. The highest BCUT2D eigenvalue weighted by Crippen LogP contribution is 2.23. The van der Waals surface area contributed by atoms with Crippen molar-refractivity contribution in [2.24, 2.45) is 7.05 Å². The molecule has 0 aliphatic heterocycles. The van der Waals surface area contributed by atoms with Crippen LogP contribution in [0.5, 0.6) is 0 Å². The molecule has 0 radical (unpaired) electrons. The second kappa shape index (κ2) is 4.14. The summed E-state index contributed by atoms with van der Waals surface area (Å²) < 4.78 is 1.77. The highest BCUT2D eigenvalue weighted by atomic mass is 16.1. The van der Waals surface area contributed by atoms with Gasteiger partial charge in [-0.15, -0.1) is 0 Å². The van der Waals surface area contributed by atoms with E-state index in [1.165, 1.54) is 0 Å². The lowest BCUT2D eigenvalue weighted by Crippen LogP contribution is -1.94. The predicted molar refractivity (Wildman–Crippen MR) is 61.6 cm³/mol. The maximum absolute atomic E-state index is 10.9. The molecule has 0 N–H and O–H groups in total. The topological polar surface area (TPSA) is 39.1 Å². The Morgan fingerprint density at radius 3 is 2.25 bits per heavy atom. The van der Waals surface area contributed by atoms with Crippen molar-refractivity contribution in [2.75, 3.05) is 0 Å². The molecule has 2 aromatic rings. The Morgan fingerprint density at radius 1 is 1.00 bits per heavy atom. The molecule has 1 aromatic heterocycles. The van der Waals surface area contributed by atoms with Crippen LogP contribution in [0, 0.1) is 0 Å². The zero-order valence-corrected chi connectivity index (χ0v) is 8.88. The Kier molecular flexibility index (Phi) is 2.68. The summed E-state index contributed by atoms with van der Waals surface area (Å²) in [4.78, 5) is 21.4. The first kappa shape index (κ1) is 10.4. The zero-order chi connectivity index (χ0) is 11.5. The summed E-state index contributed by atoms with van der Waals surface area (Å²) in [6, 6.07) is 9.05. The van der Waals surface area contributed by atoms with E-state index in [-0.39, 0.29) is 0 Å². The van der Waals surface area contributed by atoms with Crippen molar-refractivity contribution in [1.29, 1.82) is 0 Å². The molecule has 0 bridgehead atoms. The van der Waals surface area contributed by atoms with Gasteiger partial charge < -0.3 is 4.57 Å². The van der Waals surface area contributed by atoms with Crippen LogP contribution in [0.2, 0.25) is 0 Å². The Hall–Kier alpha value is -2.16. The van der Waals surface area contributed by atoms with Gasteiger partial charge in [0.15, 0.2) is 6.29 Å². The van der Waals surface area contributed by atoms with E-state index in [2.05, 4.69) is 0 Å². The summed E-state index contributed by atoms with van der Waals surface area (Å²) in [5.41, 5.74) is 3.09. The van der Waals surface area contributed by atoms with E-state index in [9.17, 15) is 9.59 Å². The molecule has 3 heteroatoms. The SMILES string of the molecule is Cn1ccc(-c2ccc(C=O)cc2)c1C=O. The lowest BCUT2D eigenvalue weighted by molar-refractivity contribution is 0.111. The largest absolute Gasteiger partial charge is 0.348 e. The van der Waals surface area contributed by atoms with Gasteiger partial charge in [0.2, 0.25) is 0 Å². The van der Waals surface area contributed by atoms with Crippen molar-refractivity contribution in [3.05, 3.63) is 47.8 Å². The highest BCUT2D eigenvalue weighted by Gasteiger charge is 2.07. The van der Waals surface area contributed by atoms with Crippen molar-refractivity contribution in [1.82, 2.24) is 4.57 Å². The summed E-state index contributed by atoms with van der Waals surface area (Å²) in [7, 11) is 1.83. The highest BCUT2D eigenvalue weighted by molar-refractivity contribution is 5.86. The Morgan fingerprint density at radius 2 is 1.69 bits per heavy atom. The zero-order valence-electron chi connectivity index (χ0n) is 8.88. The summed E-state index contributed by atoms with van der Waals surface area (Å²) in [6.45, 7) is 0. The molecular formula is C13H11NO2. The van der Waals surface area contributed by atoms with E-state index in [1.54, 1.807) is 16.7 Å². The second-order valence-corrected chi connectivity index (χ2v) is 3.58. The fourth-order valence-corrected chi connectivity index (χ4v) is 1.67. The molecule has 0 atom stereocenters. The van der Waals surface area contributed by atoms with Crippen LogP contribution < -0.4 is 0 Å². The maximum Gasteiger partial charge on any atom is 0.167 e. The predicted octanol–water partition coefficient (Wildman–Crippen LogP) is 2.32. The van der Waals surface area contributed by atoms with Crippen LogP contribution in [-0.4, -0.2) is 17.1 Å². The molecular weight excluding hydrogens is 202 g/mol. The standard InChI is InChI=1S/C13H11NO2/c1-14-7-6-12(13(14)9-16)11-4-2-10(8-15)3-5-11/h2-9H,1H3. The van der Waals surface area contributed by atoms with Crippen LogP contribution in [0.3, 0.4) is 0 Å². The molecule has 0 saturated carbocycles. The van der Waals surface area contributed by atoms with E-state index in [1.807, 2.05) is 31.4 Å². The number of benzene rings is 1. The third kappa shape index (κ3) is 1.67. The maximum atomic E-state index is 10.9. The quantitative estimate of drug-likeness (QED) is 0.734. The van der Waals surface area contributed by atoms with Crippen molar-refractivity contribution < 1.29 is 9.59 Å². The number of carbonyl (C=O) groups excluding carboxylic acids is 2. The van der Waals surface area contributed by atoms with Crippen LogP contribution in [-0.2, 0) is 7.05 Å². The lowest BCUT2D eigenvalue weighted by atomic mass is 10.0. The number of aldehydes is 2. The van der Waals surface area contributed by atoms with Crippen molar-refractivity contribution in [3.8, 4) is 11.1 Å². The molecule has 0 spiro atoms. The molecule has 0 aliphatic rings. The number of aryl methyl sites for hydroxylation is 1. The lowest BCUT2D eigenvalue weighted by Gasteiger charge is -2.01. The molecule has 1 aromatic carbocycles. The first-order valence-corrected chi connectivity index (χ1v) is 4.92. The third-order valence-corrected chi connectivity index (χ3v) is 2.59. The average Bonchev–Trinajstić information content (AvgIpc) is 2.70. The van der Waals surface area contributed by atoms with Gasteiger partial charge in [0.05, 0.1) is 5.69 Å². The minimum absolute atomic E-state index is 0.632. The number of hydrogen-bond donors (Lipinski definition) is 0. The molecule has 0 fully saturated rings. The van der Waals surface area contributed by atoms with Gasteiger partial charge in [0, 0.05) is 24.4 Å². The normalized spacial score (nSPS) is 10.1. The smallest absolute Gasteiger partial charge is 0.167 e. The van der Waals surface area contributed by atoms with Gasteiger partial charge in [-0.3, -0.25) is 9.59 Å². The van der Waals surface area contributed by atoms with Crippen LogP contribution in [0.1, 0.15) is 20.8 Å². The Labute approximate surface area is 93.3 Å². The van der Waals surface area contributed by atoms with Gasteiger partial charge in [-0.25, -0.2) is 0 Å². The Bertz CT molecular complexity index is 523. The first-order chi connectivity index (χ1) is 7.76. The number of carbonyl (C=O) groups is 2. The molecule has 3 nitrogen and oxygen atoms in total. The van der Waals surface area contributed by atoms with Crippen LogP contribution in [0.25, 0.3) is 11.1 Å². The fraction of sp³-hybridized carbons (Fsp3) is 0.0769. The molecule has 16 heavy (non-hydrogen) atoms. The van der Waals surface area contributed by atoms with Gasteiger partial charge >= 0.3 is 0 Å². The molecule has 80 valence electrons. The van der Waals surface area contributed by atoms with Crippen LogP contribution in [0.4, 0.5) is 0 Å². The number of rotatable bonds is 3. The Balaban J connectivity index is 2.49. The van der Waals surface area contributed by atoms with Crippen molar-refractivity contribution in [2.45, 2.75) is 0 Å². The summed E-state index contributed by atoms with van der Waals surface area (Å²) in [5, 5.41) is 0. The third-order valence-electron chi connectivity index (χ3n) is 2.59. The van der Waals surface area contributed by atoms with E-state index < -0.39 is 0 Å². The molecule has 1 heterocycles. The van der Waals surface area contributed by atoms with Gasteiger partial charge in [-0.2, -0.15) is 0 Å². The minimum Gasteiger partial charge on any atom is -0.348 e. The molecule has 0 amide bonds. The molecule has 0 unspecified atom stereocenters. The molecule has 2 rings (SSSR count). The van der Waals surface area contributed by atoms with Crippen molar-refractivity contribution >= 4 is 12.6 Å². The van der Waals surface area contributed by atoms with Crippen LogP contribution >= 0.6 is 0 Å². The molecule has 0 saturated heterocycles. The fourth-order valence-electron chi connectivity index (χ4n) is 1.67. The van der Waals surface area contributed by atoms with E-state index >= 15 is 0 Å². The second-order valence-electron chi connectivity index (χ2n) is 3.58. The van der Waals surface area contributed by atoms with Gasteiger partial charge in [0.25, 0.3) is 0 Å². The minimum atomic E-state index is 0.632. The van der Waals surface area contributed by atoms with Gasteiger partial charge in [-0.05, 0) is 11.6 Å². The first-order valence-electron chi connectivity index (χ1n) is 4.92. The number of nitrogens with zero attached hydrogens (tertiary/aromatic N) is 1. The van der Waals surface area contributed by atoms with Gasteiger partial charge in [-0.1, -0.05) is 24.3 Å². The summed E-state index contributed by atoms with van der Waals surface area (Å²) in [6.07, 6.45) is 3.48. The summed E-state index contributed by atoms with van der Waals surface area (Å²) >= 11 is 0. The number of aromatic nitrogens is 1.